The third kappa shape index (κ3) is 4.03. The molecule has 0 aromatic heterocycles. The Hall–Kier alpha value is -1.43. The molecule has 0 saturated heterocycles. The Morgan fingerprint density at radius 2 is 2.10 bits per heavy atom. The van der Waals surface area contributed by atoms with Crippen LogP contribution in [-0.2, 0) is 0 Å². The number of fused-ring (bicyclic) bond motifs is 1. The minimum absolute atomic E-state index is 0.0276. The highest BCUT2D eigenvalue weighted by molar-refractivity contribution is 5.59. The molecule has 112 valence electrons. The van der Waals surface area contributed by atoms with E-state index in [1.807, 2.05) is 31.2 Å². The summed E-state index contributed by atoms with van der Waals surface area (Å²) in [5.74, 6) is 0.799. The molecule has 0 saturated carbocycles. The number of halogens is 3. The molecule has 20 heavy (non-hydrogen) atoms. The van der Waals surface area contributed by atoms with Crippen molar-refractivity contribution in [2.45, 2.75) is 25.6 Å². The van der Waals surface area contributed by atoms with Gasteiger partial charge in [-0.15, -0.1) is 0 Å². The summed E-state index contributed by atoms with van der Waals surface area (Å²) < 4.78 is 42.1. The molecule has 1 aromatic carbocycles. The van der Waals surface area contributed by atoms with Gasteiger partial charge in [-0.05, 0) is 25.5 Å². The highest BCUT2D eigenvalue weighted by Crippen LogP contribution is 2.31. The van der Waals surface area contributed by atoms with Crippen molar-refractivity contribution in [3.63, 3.8) is 0 Å². The topological polar surface area (TPSA) is 24.5 Å². The lowest BCUT2D eigenvalue weighted by atomic mass is 10.2. The van der Waals surface area contributed by atoms with Crippen LogP contribution in [0.1, 0.15) is 13.3 Å². The van der Waals surface area contributed by atoms with Crippen molar-refractivity contribution in [3.05, 3.63) is 24.3 Å². The first-order valence-electron chi connectivity index (χ1n) is 6.73. The van der Waals surface area contributed by atoms with Crippen LogP contribution in [0, 0.1) is 0 Å². The van der Waals surface area contributed by atoms with Crippen LogP contribution in [0.3, 0.4) is 0 Å². The fourth-order valence-corrected chi connectivity index (χ4v) is 2.34. The van der Waals surface area contributed by atoms with Crippen molar-refractivity contribution >= 4 is 5.69 Å². The van der Waals surface area contributed by atoms with Crippen molar-refractivity contribution < 1.29 is 17.9 Å². The maximum absolute atomic E-state index is 12.2. The van der Waals surface area contributed by atoms with Crippen LogP contribution >= 0.6 is 0 Å². The van der Waals surface area contributed by atoms with Gasteiger partial charge in [0.25, 0.3) is 0 Å². The second kappa shape index (κ2) is 6.35. The van der Waals surface area contributed by atoms with Crippen LogP contribution in [-0.4, -0.2) is 38.5 Å². The van der Waals surface area contributed by atoms with Crippen molar-refractivity contribution in [1.29, 1.82) is 0 Å². The normalized spacial score (nSPS) is 17.1. The Bertz CT molecular complexity index is 437. The quantitative estimate of drug-likeness (QED) is 0.922. The molecule has 0 bridgehead atoms. The molecule has 0 amide bonds. The second-order valence-corrected chi connectivity index (χ2v) is 4.96. The Kier molecular flexibility index (Phi) is 4.75. The van der Waals surface area contributed by atoms with E-state index in [4.69, 9.17) is 4.74 Å². The van der Waals surface area contributed by atoms with Crippen molar-refractivity contribution in [2.75, 3.05) is 31.1 Å². The zero-order chi connectivity index (χ0) is 14.6. The average Bonchev–Trinajstić information content (AvgIpc) is 2.59. The first-order chi connectivity index (χ1) is 9.47. The molecule has 0 aliphatic carbocycles. The monoisotopic (exact) mass is 288 g/mol. The van der Waals surface area contributed by atoms with Gasteiger partial charge in [-0.3, -0.25) is 0 Å². The Morgan fingerprint density at radius 1 is 1.35 bits per heavy atom. The zero-order valence-corrected chi connectivity index (χ0v) is 11.4. The van der Waals surface area contributed by atoms with E-state index in [1.165, 1.54) is 0 Å². The maximum atomic E-state index is 12.2. The van der Waals surface area contributed by atoms with Crippen molar-refractivity contribution in [2.24, 2.45) is 0 Å². The molecule has 0 fully saturated rings. The van der Waals surface area contributed by atoms with Crippen LogP contribution in [0.25, 0.3) is 0 Å². The summed E-state index contributed by atoms with van der Waals surface area (Å²) >= 11 is 0. The Morgan fingerprint density at radius 3 is 2.85 bits per heavy atom. The molecular weight excluding hydrogens is 269 g/mol. The lowest BCUT2D eigenvalue weighted by molar-refractivity contribution is -0.124. The lowest BCUT2D eigenvalue weighted by Crippen LogP contribution is -2.43. The highest BCUT2D eigenvalue weighted by Gasteiger charge is 2.27. The zero-order valence-electron chi connectivity index (χ0n) is 11.4. The number of rotatable bonds is 4. The van der Waals surface area contributed by atoms with E-state index < -0.39 is 12.7 Å². The van der Waals surface area contributed by atoms with Gasteiger partial charge in [0.1, 0.15) is 5.75 Å². The number of benzene rings is 1. The number of nitrogens with one attached hydrogen (secondary N) is 1. The molecule has 1 aliphatic rings. The molecule has 1 atom stereocenters. The molecule has 6 heteroatoms. The number of alkyl halides is 3. The number of nitrogens with zero attached hydrogens (tertiary/aromatic N) is 1. The van der Waals surface area contributed by atoms with Gasteiger partial charge < -0.3 is 15.0 Å². The van der Waals surface area contributed by atoms with Gasteiger partial charge in [0.05, 0.1) is 18.8 Å². The van der Waals surface area contributed by atoms with E-state index in [-0.39, 0.29) is 12.6 Å². The average molecular weight is 288 g/mol. The van der Waals surface area contributed by atoms with E-state index in [2.05, 4.69) is 10.2 Å². The molecule has 0 spiro atoms. The summed E-state index contributed by atoms with van der Waals surface area (Å²) in [7, 11) is 0. The number of para-hydroxylation sites is 2. The second-order valence-electron chi connectivity index (χ2n) is 4.96. The fraction of sp³-hybridized carbons (Fsp3) is 0.571. The third-order valence-corrected chi connectivity index (χ3v) is 3.27. The number of ether oxygens (including phenoxy) is 1. The van der Waals surface area contributed by atoms with E-state index in [1.54, 1.807) is 0 Å². The molecule has 1 aliphatic heterocycles. The standard InChI is InChI=1S/C14H19F3N2O/c1-11(9-18-10-14(15,16)17)19-7-4-8-20-13-6-3-2-5-12(13)19/h2-3,5-6,11,18H,4,7-10H2,1H3. The van der Waals surface area contributed by atoms with E-state index in [9.17, 15) is 13.2 Å². The van der Waals surface area contributed by atoms with E-state index >= 15 is 0 Å². The third-order valence-electron chi connectivity index (χ3n) is 3.27. The predicted molar refractivity (Wildman–Crippen MR) is 72.3 cm³/mol. The summed E-state index contributed by atoms with van der Waals surface area (Å²) in [5, 5.41) is 2.47. The molecule has 1 N–H and O–H groups in total. The van der Waals surface area contributed by atoms with Crippen molar-refractivity contribution in [3.8, 4) is 5.75 Å². The molecule has 0 radical (unpaired) electrons. The first-order valence-corrected chi connectivity index (χ1v) is 6.73. The Labute approximate surface area is 116 Å². The predicted octanol–water partition coefficient (Wildman–Crippen LogP) is 2.82. The summed E-state index contributed by atoms with van der Waals surface area (Å²) in [6.07, 6.45) is -3.31. The van der Waals surface area contributed by atoms with Crippen LogP contribution in [0.15, 0.2) is 24.3 Å². The lowest BCUT2D eigenvalue weighted by Gasteiger charge is -2.31. The summed E-state index contributed by atoms with van der Waals surface area (Å²) in [6.45, 7) is 2.67. The van der Waals surface area contributed by atoms with Gasteiger partial charge in [0, 0.05) is 19.1 Å². The molecular formula is C14H19F3N2O. The van der Waals surface area contributed by atoms with Crippen LogP contribution < -0.4 is 15.0 Å². The SMILES string of the molecule is CC(CNCC(F)(F)F)N1CCCOc2ccccc21. The van der Waals surface area contributed by atoms with Gasteiger partial charge >= 0.3 is 6.18 Å². The Balaban J connectivity index is 2.00. The molecule has 1 aromatic rings. The molecule has 1 unspecified atom stereocenters. The summed E-state index contributed by atoms with van der Waals surface area (Å²) in [6, 6.07) is 7.62. The number of hydrogen-bond donors (Lipinski definition) is 1. The number of hydrogen-bond acceptors (Lipinski definition) is 3. The van der Waals surface area contributed by atoms with Crippen molar-refractivity contribution in [1.82, 2.24) is 5.32 Å². The molecule has 1 heterocycles. The molecule has 3 nitrogen and oxygen atoms in total. The van der Waals surface area contributed by atoms with Gasteiger partial charge in [0.15, 0.2) is 0 Å². The van der Waals surface area contributed by atoms with Gasteiger partial charge in [0.2, 0.25) is 0 Å². The smallest absolute Gasteiger partial charge is 0.401 e. The minimum atomic E-state index is -4.17. The van der Waals surface area contributed by atoms with E-state index in [0.29, 0.717) is 6.61 Å². The van der Waals surface area contributed by atoms with Crippen LogP contribution in [0.4, 0.5) is 18.9 Å². The van der Waals surface area contributed by atoms with E-state index in [0.717, 1.165) is 24.4 Å². The van der Waals surface area contributed by atoms with Gasteiger partial charge in [-0.1, -0.05) is 12.1 Å². The van der Waals surface area contributed by atoms with Gasteiger partial charge in [-0.25, -0.2) is 0 Å². The first kappa shape index (κ1) is 15.0. The maximum Gasteiger partial charge on any atom is 0.401 e. The summed E-state index contributed by atoms with van der Waals surface area (Å²) in [4.78, 5) is 2.10. The summed E-state index contributed by atoms with van der Waals surface area (Å²) in [5.41, 5.74) is 0.950. The number of anilines is 1. The van der Waals surface area contributed by atoms with Gasteiger partial charge in [-0.2, -0.15) is 13.2 Å². The highest BCUT2D eigenvalue weighted by atomic mass is 19.4. The molecule has 2 rings (SSSR count). The van der Waals surface area contributed by atoms with Crippen LogP contribution in [0.2, 0.25) is 0 Å². The minimum Gasteiger partial charge on any atom is -0.491 e. The van der Waals surface area contributed by atoms with Crippen LogP contribution in [0.5, 0.6) is 5.75 Å². The largest absolute Gasteiger partial charge is 0.491 e. The fourth-order valence-electron chi connectivity index (χ4n) is 2.34.